The molecule has 0 fully saturated rings. The number of methoxy groups -OCH3 is 1. The normalized spacial score (nSPS) is 10.7. The van der Waals surface area contributed by atoms with Crippen LogP contribution < -0.4 is 20.7 Å². The number of rotatable bonds is 4. The maximum Gasteiger partial charge on any atom is 0.319 e. The molecule has 0 saturated heterocycles. The van der Waals surface area contributed by atoms with Crippen LogP contribution in [0.2, 0.25) is 0 Å². The fourth-order valence-electron chi connectivity index (χ4n) is 1.56. The first-order valence-corrected chi connectivity index (χ1v) is 6.40. The minimum Gasteiger partial charge on any atom is -0.494 e. The molecule has 0 unspecified atom stereocenters. The Labute approximate surface area is 123 Å². The van der Waals surface area contributed by atoms with Gasteiger partial charge in [-0.15, -0.1) is 0 Å². The molecule has 3 N–H and O–H groups in total. The van der Waals surface area contributed by atoms with Crippen molar-refractivity contribution in [2.24, 2.45) is 0 Å². The summed E-state index contributed by atoms with van der Waals surface area (Å²) >= 11 is 0. The number of anilines is 1. The third-order valence-electron chi connectivity index (χ3n) is 2.34. The van der Waals surface area contributed by atoms with Crippen LogP contribution in [0.15, 0.2) is 18.2 Å². The molecule has 0 aliphatic carbocycles. The van der Waals surface area contributed by atoms with Crippen LogP contribution in [0.4, 0.5) is 14.9 Å². The van der Waals surface area contributed by atoms with E-state index in [4.69, 9.17) is 4.74 Å². The van der Waals surface area contributed by atoms with Crippen LogP contribution in [0, 0.1) is 5.82 Å². The summed E-state index contributed by atoms with van der Waals surface area (Å²) in [5, 5.41) is 7.61. The first-order chi connectivity index (χ1) is 9.71. The van der Waals surface area contributed by atoms with Gasteiger partial charge in [0.05, 0.1) is 19.3 Å². The highest BCUT2D eigenvalue weighted by Gasteiger charge is 2.14. The molecule has 0 saturated carbocycles. The van der Waals surface area contributed by atoms with Crippen LogP contribution in [0.25, 0.3) is 0 Å². The molecule has 0 aliphatic rings. The summed E-state index contributed by atoms with van der Waals surface area (Å²) < 4.78 is 18.0. The molecule has 1 aromatic rings. The molecule has 0 aliphatic heterocycles. The second-order valence-corrected chi connectivity index (χ2v) is 5.45. The van der Waals surface area contributed by atoms with Crippen molar-refractivity contribution in [2.45, 2.75) is 26.3 Å². The SMILES string of the molecule is COc1cc(F)ccc1NC(=O)NCC(=O)NC(C)(C)C. The Balaban J connectivity index is 2.53. The minimum absolute atomic E-state index is 0.160. The maximum absolute atomic E-state index is 13.0. The van der Waals surface area contributed by atoms with Gasteiger partial charge >= 0.3 is 6.03 Å². The summed E-state index contributed by atoms with van der Waals surface area (Å²) in [4.78, 5) is 23.2. The topological polar surface area (TPSA) is 79.5 Å². The Morgan fingerprint density at radius 3 is 2.52 bits per heavy atom. The van der Waals surface area contributed by atoms with Crippen LogP contribution in [-0.2, 0) is 4.79 Å². The number of amides is 3. The summed E-state index contributed by atoms with van der Waals surface area (Å²) in [6.45, 7) is 5.36. The number of hydrogen-bond acceptors (Lipinski definition) is 3. The third kappa shape index (κ3) is 6.11. The molecule has 0 bridgehead atoms. The molecule has 3 amide bonds. The number of urea groups is 1. The lowest BCUT2D eigenvalue weighted by atomic mass is 10.1. The Morgan fingerprint density at radius 1 is 1.29 bits per heavy atom. The van der Waals surface area contributed by atoms with Crippen molar-refractivity contribution in [3.63, 3.8) is 0 Å². The summed E-state index contributed by atoms with van der Waals surface area (Å²) in [7, 11) is 1.37. The van der Waals surface area contributed by atoms with Crippen LogP contribution in [0.3, 0.4) is 0 Å². The second kappa shape index (κ2) is 6.92. The molecule has 0 aromatic heterocycles. The molecule has 0 spiro atoms. The van der Waals surface area contributed by atoms with Gasteiger partial charge in [-0.05, 0) is 32.9 Å². The van der Waals surface area contributed by atoms with E-state index in [0.29, 0.717) is 5.69 Å². The van der Waals surface area contributed by atoms with Crippen molar-refractivity contribution in [3.05, 3.63) is 24.0 Å². The van der Waals surface area contributed by atoms with E-state index in [9.17, 15) is 14.0 Å². The minimum atomic E-state index is -0.580. The average Bonchev–Trinajstić information content (AvgIpc) is 2.36. The number of benzene rings is 1. The van der Waals surface area contributed by atoms with E-state index in [1.165, 1.54) is 19.2 Å². The molecule has 21 heavy (non-hydrogen) atoms. The van der Waals surface area contributed by atoms with Gasteiger partial charge in [0.1, 0.15) is 11.6 Å². The summed E-state index contributed by atoms with van der Waals surface area (Å²) in [6.07, 6.45) is 0. The third-order valence-corrected chi connectivity index (χ3v) is 2.34. The van der Waals surface area contributed by atoms with Gasteiger partial charge in [-0.1, -0.05) is 0 Å². The van der Waals surface area contributed by atoms with Crippen molar-refractivity contribution in [1.29, 1.82) is 0 Å². The number of nitrogens with one attached hydrogen (secondary N) is 3. The molecule has 0 atom stereocenters. The molecule has 1 rings (SSSR count). The molecule has 0 heterocycles. The highest BCUT2D eigenvalue weighted by molar-refractivity contribution is 5.93. The lowest BCUT2D eigenvalue weighted by Crippen LogP contribution is -2.46. The molecule has 116 valence electrons. The smallest absolute Gasteiger partial charge is 0.319 e. The fraction of sp³-hybridized carbons (Fsp3) is 0.429. The van der Waals surface area contributed by atoms with E-state index in [0.717, 1.165) is 6.07 Å². The highest BCUT2D eigenvalue weighted by Crippen LogP contribution is 2.24. The lowest BCUT2D eigenvalue weighted by Gasteiger charge is -2.20. The Hall–Kier alpha value is -2.31. The zero-order valence-electron chi connectivity index (χ0n) is 12.5. The predicted octanol–water partition coefficient (Wildman–Crippen LogP) is 1.87. The molecular formula is C14H20FN3O3. The fourth-order valence-corrected chi connectivity index (χ4v) is 1.56. The van der Waals surface area contributed by atoms with Crippen LogP contribution in [-0.4, -0.2) is 31.1 Å². The largest absolute Gasteiger partial charge is 0.494 e. The summed E-state index contributed by atoms with van der Waals surface area (Å²) in [6, 6.07) is 3.15. The van der Waals surface area contributed by atoms with Gasteiger partial charge in [-0.3, -0.25) is 4.79 Å². The van der Waals surface area contributed by atoms with Gasteiger partial charge in [-0.2, -0.15) is 0 Å². The van der Waals surface area contributed by atoms with Gasteiger partial charge in [0.2, 0.25) is 5.91 Å². The Morgan fingerprint density at radius 2 is 1.95 bits per heavy atom. The van der Waals surface area contributed by atoms with Crippen molar-refractivity contribution in [2.75, 3.05) is 19.0 Å². The molecular weight excluding hydrogens is 277 g/mol. The summed E-state index contributed by atoms with van der Waals surface area (Å²) in [5.41, 5.74) is -0.0530. The monoisotopic (exact) mass is 297 g/mol. The number of hydrogen-bond donors (Lipinski definition) is 3. The van der Waals surface area contributed by atoms with E-state index in [1.54, 1.807) is 0 Å². The molecule has 6 nitrogen and oxygen atoms in total. The van der Waals surface area contributed by atoms with Crippen molar-refractivity contribution < 1.29 is 18.7 Å². The van der Waals surface area contributed by atoms with Gasteiger partial charge < -0.3 is 20.7 Å². The van der Waals surface area contributed by atoms with E-state index >= 15 is 0 Å². The van der Waals surface area contributed by atoms with Crippen molar-refractivity contribution in [1.82, 2.24) is 10.6 Å². The Kier molecular flexibility index (Phi) is 5.52. The van der Waals surface area contributed by atoms with Crippen molar-refractivity contribution >= 4 is 17.6 Å². The second-order valence-electron chi connectivity index (χ2n) is 5.45. The van der Waals surface area contributed by atoms with Crippen molar-refractivity contribution in [3.8, 4) is 5.75 Å². The van der Waals surface area contributed by atoms with Gasteiger partial charge in [0.25, 0.3) is 0 Å². The highest BCUT2D eigenvalue weighted by atomic mass is 19.1. The molecule has 1 aromatic carbocycles. The standard InChI is InChI=1S/C14H20FN3O3/c1-14(2,3)18-12(19)8-16-13(20)17-10-6-5-9(15)7-11(10)21-4/h5-7H,8H2,1-4H3,(H,18,19)(H2,16,17,20). The quantitative estimate of drug-likeness (QED) is 0.793. The van der Waals surface area contributed by atoms with Crippen LogP contribution >= 0.6 is 0 Å². The maximum atomic E-state index is 13.0. The van der Waals surface area contributed by atoms with Crippen LogP contribution in [0.5, 0.6) is 5.75 Å². The van der Waals surface area contributed by atoms with E-state index in [-0.39, 0.29) is 23.7 Å². The number of halogens is 1. The molecule has 0 radical (unpaired) electrons. The number of ether oxygens (including phenoxy) is 1. The average molecular weight is 297 g/mol. The van der Waals surface area contributed by atoms with Crippen LogP contribution in [0.1, 0.15) is 20.8 Å². The number of carbonyl (C=O) groups excluding carboxylic acids is 2. The zero-order valence-corrected chi connectivity index (χ0v) is 12.5. The number of carbonyl (C=O) groups is 2. The van der Waals surface area contributed by atoms with Gasteiger partial charge in [-0.25, -0.2) is 9.18 Å². The van der Waals surface area contributed by atoms with Gasteiger partial charge in [0.15, 0.2) is 0 Å². The zero-order chi connectivity index (χ0) is 16.0. The van der Waals surface area contributed by atoms with E-state index < -0.39 is 11.8 Å². The van der Waals surface area contributed by atoms with Gasteiger partial charge in [0, 0.05) is 11.6 Å². The first-order valence-electron chi connectivity index (χ1n) is 6.40. The van der Waals surface area contributed by atoms with E-state index in [2.05, 4.69) is 16.0 Å². The van der Waals surface area contributed by atoms with E-state index in [1.807, 2.05) is 20.8 Å². The predicted molar refractivity (Wildman–Crippen MR) is 77.9 cm³/mol. The first kappa shape index (κ1) is 16.7. The molecule has 7 heteroatoms. The Bertz CT molecular complexity index is 527. The lowest BCUT2D eigenvalue weighted by molar-refractivity contribution is -0.121. The summed E-state index contributed by atoms with van der Waals surface area (Å²) in [5.74, 6) is -0.574.